The van der Waals surface area contributed by atoms with E-state index in [4.69, 9.17) is 16.3 Å². The van der Waals surface area contributed by atoms with Gasteiger partial charge in [0.15, 0.2) is 0 Å². The van der Waals surface area contributed by atoms with Crippen LogP contribution < -0.4 is 5.32 Å². The molecule has 5 heteroatoms. The monoisotopic (exact) mass is 243 g/mol. The van der Waals surface area contributed by atoms with Crippen molar-refractivity contribution in [2.75, 3.05) is 19.2 Å². The van der Waals surface area contributed by atoms with Crippen LogP contribution in [0.3, 0.4) is 0 Å². The highest BCUT2D eigenvalue weighted by Gasteiger charge is 2.05. The maximum Gasteiger partial charge on any atom is 0.233 e. The Labute approximate surface area is 79.6 Å². The summed E-state index contributed by atoms with van der Waals surface area (Å²) in [7, 11) is 0. The minimum absolute atomic E-state index is 0.0387. The van der Waals surface area contributed by atoms with Crippen molar-refractivity contribution in [2.45, 2.75) is 11.8 Å². The zero-order valence-electron chi connectivity index (χ0n) is 6.27. The quantitative estimate of drug-likeness (QED) is 0.581. The second kappa shape index (κ2) is 6.88. The molecule has 0 aromatic carbocycles. The van der Waals surface area contributed by atoms with Crippen LogP contribution in [0.1, 0.15) is 6.92 Å². The van der Waals surface area contributed by atoms with Crippen LogP contribution in [0.4, 0.5) is 0 Å². The molecule has 0 radical (unpaired) electrons. The van der Waals surface area contributed by atoms with E-state index in [1.54, 1.807) is 6.92 Å². The maximum absolute atomic E-state index is 10.9. The highest BCUT2D eigenvalue weighted by atomic mass is 79.9. The van der Waals surface area contributed by atoms with E-state index in [1.807, 2.05) is 0 Å². The fourth-order valence-corrected chi connectivity index (χ4v) is 0.713. The Balaban J connectivity index is 3.18. The van der Waals surface area contributed by atoms with Gasteiger partial charge >= 0.3 is 0 Å². The third-order valence-electron chi connectivity index (χ3n) is 0.984. The average molecular weight is 245 g/mol. The number of hydrogen-bond acceptors (Lipinski definition) is 2. The molecule has 1 unspecified atom stereocenters. The molecule has 0 saturated heterocycles. The largest absolute Gasteiger partial charge is 0.364 e. The second-order valence-electron chi connectivity index (χ2n) is 1.92. The van der Waals surface area contributed by atoms with Gasteiger partial charge in [0.25, 0.3) is 0 Å². The smallest absolute Gasteiger partial charge is 0.233 e. The molecule has 0 aliphatic carbocycles. The van der Waals surface area contributed by atoms with Gasteiger partial charge in [-0.15, -0.1) is 0 Å². The molecule has 1 N–H and O–H groups in total. The molecule has 1 atom stereocenters. The van der Waals surface area contributed by atoms with Gasteiger partial charge in [-0.05, 0) is 6.92 Å². The summed E-state index contributed by atoms with van der Waals surface area (Å²) < 4.78 is 4.80. The summed E-state index contributed by atoms with van der Waals surface area (Å²) >= 11 is 8.37. The zero-order valence-corrected chi connectivity index (χ0v) is 8.61. The fraction of sp³-hybridized carbons (Fsp3) is 0.833. The van der Waals surface area contributed by atoms with Gasteiger partial charge in [-0.3, -0.25) is 4.79 Å². The first-order valence-electron chi connectivity index (χ1n) is 3.24. The third kappa shape index (κ3) is 6.59. The molecule has 0 aromatic rings. The van der Waals surface area contributed by atoms with E-state index in [1.165, 1.54) is 0 Å². The number of hydrogen-bond donors (Lipinski definition) is 1. The van der Waals surface area contributed by atoms with Crippen molar-refractivity contribution >= 4 is 33.4 Å². The predicted octanol–water partition coefficient (Wildman–Crippen LogP) is 1.10. The predicted molar refractivity (Wildman–Crippen MR) is 48.1 cm³/mol. The summed E-state index contributed by atoms with van der Waals surface area (Å²) in [5, 5.41) is 2.65. The number of halogens is 2. The van der Waals surface area contributed by atoms with Gasteiger partial charge < -0.3 is 10.1 Å². The lowest BCUT2D eigenvalue weighted by atomic mass is 10.4. The average Bonchev–Trinajstić information content (AvgIpc) is 1.97. The zero-order chi connectivity index (χ0) is 8.69. The van der Waals surface area contributed by atoms with E-state index in [-0.39, 0.29) is 16.8 Å². The number of alkyl halides is 2. The van der Waals surface area contributed by atoms with E-state index in [0.717, 1.165) is 0 Å². The molecule has 66 valence electrons. The van der Waals surface area contributed by atoms with E-state index in [2.05, 4.69) is 21.2 Å². The van der Waals surface area contributed by atoms with Gasteiger partial charge in [0, 0.05) is 6.54 Å². The van der Waals surface area contributed by atoms with Crippen LogP contribution in [0.2, 0.25) is 0 Å². The van der Waals surface area contributed by atoms with Gasteiger partial charge in [-0.25, -0.2) is 0 Å². The van der Waals surface area contributed by atoms with Crippen LogP contribution in [0.15, 0.2) is 0 Å². The first-order chi connectivity index (χ1) is 5.18. The molecule has 0 aromatic heterocycles. The van der Waals surface area contributed by atoms with Crippen LogP contribution in [-0.2, 0) is 9.53 Å². The third-order valence-corrected chi connectivity index (χ3v) is 1.55. The van der Waals surface area contributed by atoms with Gasteiger partial charge in [-0.2, -0.15) is 0 Å². The van der Waals surface area contributed by atoms with Crippen LogP contribution in [-0.4, -0.2) is 30.0 Å². The van der Waals surface area contributed by atoms with E-state index >= 15 is 0 Å². The lowest BCUT2D eigenvalue weighted by molar-refractivity contribution is -0.120. The summed E-state index contributed by atoms with van der Waals surface area (Å²) in [6.45, 7) is 2.72. The summed E-state index contributed by atoms with van der Waals surface area (Å²) in [6, 6.07) is 0.166. The number of amides is 1. The van der Waals surface area contributed by atoms with Crippen molar-refractivity contribution in [3.05, 3.63) is 0 Å². The molecule has 0 saturated carbocycles. The SMILES string of the molecule is CC(Br)C(=O)NCCOCCl. The van der Waals surface area contributed by atoms with Crippen molar-refractivity contribution in [1.29, 1.82) is 0 Å². The number of ether oxygens (including phenoxy) is 1. The Morgan fingerprint density at radius 1 is 1.82 bits per heavy atom. The number of carbonyl (C=O) groups is 1. The maximum atomic E-state index is 10.9. The molecule has 0 fully saturated rings. The van der Waals surface area contributed by atoms with Crippen molar-refractivity contribution in [3.63, 3.8) is 0 Å². The number of rotatable bonds is 5. The lowest BCUT2D eigenvalue weighted by Gasteiger charge is -2.05. The van der Waals surface area contributed by atoms with E-state index in [9.17, 15) is 4.79 Å². The molecule has 11 heavy (non-hydrogen) atoms. The molecule has 0 rings (SSSR count). The Bertz CT molecular complexity index is 121. The molecule has 0 spiro atoms. The normalized spacial score (nSPS) is 12.6. The standard InChI is InChI=1S/C6H11BrClNO2/c1-5(7)6(10)9-2-3-11-4-8/h5H,2-4H2,1H3,(H,9,10). The molecule has 0 heterocycles. The molecule has 1 amide bonds. The van der Waals surface area contributed by atoms with Gasteiger partial charge in [0.1, 0.15) is 6.07 Å². The molecule has 3 nitrogen and oxygen atoms in total. The van der Waals surface area contributed by atoms with E-state index in [0.29, 0.717) is 13.2 Å². The summed E-state index contributed by atoms with van der Waals surface area (Å²) in [5.74, 6) is -0.0387. The van der Waals surface area contributed by atoms with Crippen molar-refractivity contribution in [2.24, 2.45) is 0 Å². The first kappa shape index (κ1) is 11.2. The molecule has 0 aliphatic heterocycles. The first-order valence-corrected chi connectivity index (χ1v) is 4.69. The fourth-order valence-electron chi connectivity index (χ4n) is 0.442. The van der Waals surface area contributed by atoms with Gasteiger partial charge in [0.05, 0.1) is 11.4 Å². The molecular weight excluding hydrogens is 233 g/mol. The Morgan fingerprint density at radius 2 is 2.45 bits per heavy atom. The number of nitrogens with one attached hydrogen (secondary N) is 1. The molecular formula is C6H11BrClNO2. The Hall–Kier alpha value is 0.200. The Morgan fingerprint density at radius 3 is 2.91 bits per heavy atom. The molecule has 0 aliphatic rings. The second-order valence-corrected chi connectivity index (χ2v) is 3.52. The number of carbonyl (C=O) groups excluding carboxylic acids is 1. The topological polar surface area (TPSA) is 38.3 Å². The summed E-state index contributed by atoms with van der Waals surface area (Å²) in [5.41, 5.74) is 0. The van der Waals surface area contributed by atoms with Crippen LogP contribution in [0.5, 0.6) is 0 Å². The van der Waals surface area contributed by atoms with Crippen molar-refractivity contribution in [1.82, 2.24) is 5.32 Å². The highest BCUT2D eigenvalue weighted by Crippen LogP contribution is 1.95. The summed E-state index contributed by atoms with van der Waals surface area (Å²) in [6.07, 6.45) is 0. The van der Waals surface area contributed by atoms with E-state index < -0.39 is 0 Å². The highest BCUT2D eigenvalue weighted by molar-refractivity contribution is 9.10. The van der Waals surface area contributed by atoms with Crippen molar-refractivity contribution < 1.29 is 9.53 Å². The van der Waals surface area contributed by atoms with Gasteiger partial charge in [-0.1, -0.05) is 27.5 Å². The lowest BCUT2D eigenvalue weighted by Crippen LogP contribution is -2.32. The summed E-state index contributed by atoms with van der Waals surface area (Å²) in [4.78, 5) is 10.7. The Kier molecular flexibility index (Phi) is 7.01. The van der Waals surface area contributed by atoms with Crippen LogP contribution >= 0.6 is 27.5 Å². The van der Waals surface area contributed by atoms with Gasteiger partial charge in [0.2, 0.25) is 5.91 Å². The van der Waals surface area contributed by atoms with Crippen LogP contribution in [0, 0.1) is 0 Å². The molecule has 0 bridgehead atoms. The van der Waals surface area contributed by atoms with Crippen LogP contribution in [0.25, 0.3) is 0 Å². The van der Waals surface area contributed by atoms with Crippen molar-refractivity contribution in [3.8, 4) is 0 Å². The minimum Gasteiger partial charge on any atom is -0.364 e. The minimum atomic E-state index is -0.154.